The molecule has 5 rings (SSSR count). The van der Waals surface area contributed by atoms with Gasteiger partial charge in [-0.3, -0.25) is 4.79 Å². The van der Waals surface area contributed by atoms with Gasteiger partial charge in [-0.2, -0.15) is 0 Å². The standard InChI is InChI=1S/C30H48O3/c1-19(2)7-6-8-20(3)26-16-27(31)28-24-10-9-21-15-22(32-17-23-18-33-23)11-13-29(21,4)25(24)12-14-30(26,28)5/h19-23,25-26H,6-18H2,1-5H3/t20-,21+,22+,23?,25+,26-,29+,30-/m1/s1. The summed E-state index contributed by atoms with van der Waals surface area (Å²) in [4.78, 5) is 13.5. The van der Waals surface area contributed by atoms with E-state index >= 15 is 0 Å². The van der Waals surface area contributed by atoms with Crippen molar-refractivity contribution in [2.24, 2.45) is 40.4 Å². The molecule has 1 heterocycles. The molecule has 33 heavy (non-hydrogen) atoms. The summed E-state index contributed by atoms with van der Waals surface area (Å²) in [5.41, 5.74) is 3.42. The van der Waals surface area contributed by atoms with Gasteiger partial charge >= 0.3 is 0 Å². The van der Waals surface area contributed by atoms with Gasteiger partial charge in [0.2, 0.25) is 0 Å². The van der Waals surface area contributed by atoms with Crippen LogP contribution in [0.15, 0.2) is 11.1 Å². The number of allylic oxidation sites excluding steroid dienone is 2. The molecule has 3 nitrogen and oxygen atoms in total. The molecule has 3 saturated carbocycles. The molecule has 3 heteroatoms. The maximum Gasteiger partial charge on any atom is 0.159 e. The summed E-state index contributed by atoms with van der Waals surface area (Å²) >= 11 is 0. The van der Waals surface area contributed by atoms with Crippen LogP contribution >= 0.6 is 0 Å². The van der Waals surface area contributed by atoms with Gasteiger partial charge in [-0.15, -0.1) is 0 Å². The van der Waals surface area contributed by atoms with Crippen LogP contribution < -0.4 is 0 Å². The fraction of sp³-hybridized carbons (Fsp3) is 0.900. The van der Waals surface area contributed by atoms with Crippen LogP contribution in [0.3, 0.4) is 0 Å². The third-order valence-electron chi connectivity index (χ3n) is 10.9. The Kier molecular flexibility index (Phi) is 6.62. The minimum Gasteiger partial charge on any atom is -0.375 e. The zero-order valence-electron chi connectivity index (χ0n) is 22.0. The molecule has 0 aromatic heterocycles. The number of epoxide rings is 1. The van der Waals surface area contributed by atoms with Crippen molar-refractivity contribution in [3.63, 3.8) is 0 Å². The molecule has 1 saturated heterocycles. The Bertz CT molecular complexity index is 779. The topological polar surface area (TPSA) is 38.8 Å². The predicted molar refractivity (Wildman–Crippen MR) is 133 cm³/mol. The molecular weight excluding hydrogens is 408 g/mol. The molecule has 0 spiro atoms. The largest absolute Gasteiger partial charge is 0.375 e. The summed E-state index contributed by atoms with van der Waals surface area (Å²) in [5, 5.41) is 0. The smallest absolute Gasteiger partial charge is 0.159 e. The maximum absolute atomic E-state index is 13.5. The summed E-state index contributed by atoms with van der Waals surface area (Å²) in [6, 6.07) is 0. The van der Waals surface area contributed by atoms with Gasteiger partial charge in [0.1, 0.15) is 6.10 Å². The molecule has 4 aliphatic carbocycles. The molecule has 0 bridgehead atoms. The Labute approximate surface area is 202 Å². The average molecular weight is 457 g/mol. The number of hydrogen-bond donors (Lipinski definition) is 0. The molecule has 0 N–H and O–H groups in total. The van der Waals surface area contributed by atoms with Crippen LogP contribution in [-0.4, -0.2) is 31.2 Å². The normalized spacial score (nSPS) is 43.3. The van der Waals surface area contributed by atoms with Crippen LogP contribution in [0.2, 0.25) is 0 Å². The highest BCUT2D eigenvalue weighted by atomic mass is 16.6. The first-order chi connectivity index (χ1) is 15.7. The molecule has 4 fully saturated rings. The number of Topliss-reactive ketones (excluding diaryl/α,β-unsaturated/α-hetero) is 1. The molecule has 186 valence electrons. The van der Waals surface area contributed by atoms with Gasteiger partial charge in [0.25, 0.3) is 0 Å². The molecule has 0 aromatic carbocycles. The minimum absolute atomic E-state index is 0.133. The van der Waals surface area contributed by atoms with E-state index in [-0.39, 0.29) is 5.41 Å². The van der Waals surface area contributed by atoms with E-state index in [1.807, 2.05) is 0 Å². The van der Waals surface area contributed by atoms with Crippen molar-refractivity contribution in [1.29, 1.82) is 0 Å². The number of carbonyl (C=O) groups is 1. The molecular formula is C30H48O3. The Morgan fingerprint density at radius 1 is 1.09 bits per heavy atom. The van der Waals surface area contributed by atoms with E-state index in [0.717, 1.165) is 37.9 Å². The highest BCUT2D eigenvalue weighted by molar-refractivity contribution is 6.00. The third-order valence-corrected chi connectivity index (χ3v) is 10.9. The lowest BCUT2D eigenvalue weighted by molar-refractivity contribution is -0.115. The van der Waals surface area contributed by atoms with E-state index < -0.39 is 0 Å². The van der Waals surface area contributed by atoms with E-state index in [1.54, 1.807) is 5.57 Å². The predicted octanol–water partition coefficient (Wildman–Crippen LogP) is 7.13. The molecule has 0 radical (unpaired) electrons. The second kappa shape index (κ2) is 9.08. The Hall–Kier alpha value is -0.670. The number of ether oxygens (including phenoxy) is 2. The summed E-state index contributed by atoms with van der Waals surface area (Å²) in [7, 11) is 0. The molecule has 1 unspecified atom stereocenters. The summed E-state index contributed by atoms with van der Waals surface area (Å²) < 4.78 is 11.6. The van der Waals surface area contributed by atoms with E-state index in [0.29, 0.717) is 41.2 Å². The van der Waals surface area contributed by atoms with E-state index in [9.17, 15) is 4.79 Å². The van der Waals surface area contributed by atoms with E-state index in [4.69, 9.17) is 9.47 Å². The van der Waals surface area contributed by atoms with E-state index in [1.165, 1.54) is 63.4 Å². The van der Waals surface area contributed by atoms with Gasteiger partial charge in [-0.25, -0.2) is 0 Å². The molecule has 1 aliphatic heterocycles. The quantitative estimate of drug-likeness (QED) is 0.365. The third kappa shape index (κ3) is 4.39. The van der Waals surface area contributed by atoms with Gasteiger partial charge in [0.15, 0.2) is 5.78 Å². The van der Waals surface area contributed by atoms with E-state index in [2.05, 4.69) is 34.6 Å². The second-order valence-electron chi connectivity index (χ2n) is 13.4. The van der Waals surface area contributed by atoms with Gasteiger partial charge in [0, 0.05) is 12.0 Å². The zero-order valence-corrected chi connectivity index (χ0v) is 22.0. The van der Waals surface area contributed by atoms with Crippen LogP contribution in [0.5, 0.6) is 0 Å². The van der Waals surface area contributed by atoms with Crippen molar-refractivity contribution in [2.45, 2.75) is 117 Å². The van der Waals surface area contributed by atoms with Crippen molar-refractivity contribution in [2.75, 3.05) is 13.2 Å². The number of carbonyl (C=O) groups excluding carboxylic acids is 1. The van der Waals surface area contributed by atoms with Crippen LogP contribution in [-0.2, 0) is 14.3 Å². The average Bonchev–Trinajstić information content (AvgIpc) is 3.55. The SMILES string of the molecule is CC(C)CCC[C@@H](C)[C@H]1CC(=O)C2=C3CC[C@H]4C[C@@H](OCC5CO5)CC[C@]4(C)[C@H]3CC[C@@]21C. The maximum atomic E-state index is 13.5. The number of hydrogen-bond acceptors (Lipinski definition) is 3. The zero-order chi connectivity index (χ0) is 23.4. The minimum atomic E-state index is 0.133. The van der Waals surface area contributed by atoms with Crippen molar-refractivity contribution >= 4 is 5.78 Å². The first kappa shape index (κ1) is 24.0. The van der Waals surface area contributed by atoms with Gasteiger partial charge < -0.3 is 9.47 Å². The summed E-state index contributed by atoms with van der Waals surface area (Å²) in [6.07, 6.45) is 14.1. The van der Waals surface area contributed by atoms with Gasteiger partial charge in [0.05, 0.1) is 19.3 Å². The van der Waals surface area contributed by atoms with Crippen LogP contribution in [0.25, 0.3) is 0 Å². The Morgan fingerprint density at radius 2 is 1.88 bits per heavy atom. The second-order valence-corrected chi connectivity index (χ2v) is 13.4. The first-order valence-corrected chi connectivity index (χ1v) is 14.2. The molecule has 5 aliphatic rings. The monoisotopic (exact) mass is 456 g/mol. The number of ketones is 1. The molecule has 8 atom stereocenters. The van der Waals surface area contributed by atoms with Crippen LogP contribution in [0.1, 0.15) is 105 Å². The van der Waals surface area contributed by atoms with Crippen molar-refractivity contribution in [3.05, 3.63) is 11.1 Å². The van der Waals surface area contributed by atoms with Crippen LogP contribution in [0.4, 0.5) is 0 Å². The first-order valence-electron chi connectivity index (χ1n) is 14.2. The van der Waals surface area contributed by atoms with Gasteiger partial charge in [-0.1, -0.05) is 59.5 Å². The number of fused-ring (bicyclic) bond motifs is 4. The van der Waals surface area contributed by atoms with Crippen molar-refractivity contribution in [3.8, 4) is 0 Å². The number of rotatable bonds is 8. The summed E-state index contributed by atoms with van der Waals surface area (Å²) in [5.74, 6) is 3.89. The lowest BCUT2D eigenvalue weighted by Gasteiger charge is -2.56. The Balaban J connectivity index is 1.32. The summed E-state index contributed by atoms with van der Waals surface area (Å²) in [6.45, 7) is 13.8. The molecule has 0 amide bonds. The van der Waals surface area contributed by atoms with Gasteiger partial charge in [-0.05, 0) is 85.4 Å². The fourth-order valence-electron chi connectivity index (χ4n) is 8.76. The highest BCUT2D eigenvalue weighted by Crippen LogP contribution is 2.65. The van der Waals surface area contributed by atoms with Crippen molar-refractivity contribution < 1.29 is 14.3 Å². The lowest BCUT2D eigenvalue weighted by Crippen LogP contribution is -2.49. The highest BCUT2D eigenvalue weighted by Gasteiger charge is 2.58. The Morgan fingerprint density at radius 3 is 2.61 bits per heavy atom. The van der Waals surface area contributed by atoms with Crippen molar-refractivity contribution in [1.82, 2.24) is 0 Å². The molecule has 0 aromatic rings. The van der Waals surface area contributed by atoms with Crippen LogP contribution in [0, 0.1) is 40.4 Å². The fourth-order valence-corrected chi connectivity index (χ4v) is 8.76. The lowest BCUT2D eigenvalue weighted by atomic mass is 9.48.